The predicted molar refractivity (Wildman–Crippen MR) is 45.9 cm³/mol. The molecule has 0 spiro atoms. The molecule has 0 saturated carbocycles. The number of halogens is 1. The van der Waals surface area contributed by atoms with Crippen molar-refractivity contribution >= 4 is 12.4 Å². The molecule has 0 aromatic carbocycles. The molecule has 1 saturated heterocycles. The fourth-order valence-electron chi connectivity index (χ4n) is 1.15. The van der Waals surface area contributed by atoms with Crippen molar-refractivity contribution in [1.82, 2.24) is 0 Å². The van der Waals surface area contributed by atoms with Crippen LogP contribution in [0.25, 0.3) is 0 Å². The average molecular weight is 182 g/mol. The highest BCUT2D eigenvalue weighted by Crippen LogP contribution is 2.22. The number of hydrogen-bond donors (Lipinski definition) is 2. The fourth-order valence-corrected chi connectivity index (χ4v) is 1.15. The minimum atomic E-state index is -0.399. The third kappa shape index (κ3) is 2.95. The van der Waals surface area contributed by atoms with E-state index in [2.05, 4.69) is 0 Å². The summed E-state index contributed by atoms with van der Waals surface area (Å²) in [6.45, 7) is 4.39. The molecule has 2 atom stereocenters. The molecule has 0 aliphatic carbocycles. The van der Waals surface area contributed by atoms with Gasteiger partial charge in [0, 0.05) is 6.42 Å². The van der Waals surface area contributed by atoms with E-state index in [1.165, 1.54) is 0 Å². The van der Waals surface area contributed by atoms with Gasteiger partial charge in [-0.1, -0.05) is 0 Å². The first-order valence-electron chi connectivity index (χ1n) is 3.59. The molecule has 0 unspecified atom stereocenters. The van der Waals surface area contributed by atoms with E-state index >= 15 is 0 Å². The topological polar surface area (TPSA) is 55.5 Å². The van der Waals surface area contributed by atoms with Crippen molar-refractivity contribution in [2.45, 2.75) is 38.0 Å². The summed E-state index contributed by atoms with van der Waals surface area (Å²) < 4.78 is 5.36. The fraction of sp³-hybridized carbons (Fsp3) is 1.00. The summed E-state index contributed by atoms with van der Waals surface area (Å²) in [5.74, 6) is 0. The van der Waals surface area contributed by atoms with Gasteiger partial charge in [0.15, 0.2) is 0 Å². The van der Waals surface area contributed by atoms with E-state index in [-0.39, 0.29) is 24.0 Å². The summed E-state index contributed by atoms with van der Waals surface area (Å²) in [7, 11) is 0. The van der Waals surface area contributed by atoms with Crippen molar-refractivity contribution in [3.05, 3.63) is 0 Å². The highest BCUT2D eigenvalue weighted by atomic mass is 35.5. The Kier molecular flexibility index (Phi) is 3.77. The zero-order valence-corrected chi connectivity index (χ0v) is 7.73. The van der Waals surface area contributed by atoms with Crippen molar-refractivity contribution in [3.8, 4) is 0 Å². The molecule has 1 aliphatic heterocycles. The Morgan fingerprint density at radius 1 is 1.55 bits per heavy atom. The third-order valence-electron chi connectivity index (χ3n) is 1.86. The highest BCUT2D eigenvalue weighted by Gasteiger charge is 2.32. The van der Waals surface area contributed by atoms with Crippen molar-refractivity contribution in [3.63, 3.8) is 0 Å². The number of aliphatic hydroxyl groups is 1. The van der Waals surface area contributed by atoms with Gasteiger partial charge >= 0.3 is 0 Å². The first-order chi connectivity index (χ1) is 4.51. The van der Waals surface area contributed by atoms with Crippen LogP contribution in [0.3, 0.4) is 0 Å². The lowest BCUT2D eigenvalue weighted by Gasteiger charge is -2.36. The van der Waals surface area contributed by atoms with Crippen LogP contribution < -0.4 is 5.73 Å². The molecule has 1 aliphatic rings. The summed E-state index contributed by atoms with van der Waals surface area (Å²) in [6, 6.07) is -0.201. The lowest BCUT2D eigenvalue weighted by atomic mass is 9.93. The van der Waals surface area contributed by atoms with Crippen LogP contribution >= 0.6 is 12.4 Å². The van der Waals surface area contributed by atoms with E-state index in [9.17, 15) is 5.11 Å². The number of nitrogens with two attached hydrogens (primary N) is 1. The maximum Gasteiger partial charge on any atom is 0.0740 e. The lowest BCUT2D eigenvalue weighted by Crippen LogP contribution is -2.50. The smallest absolute Gasteiger partial charge is 0.0740 e. The first-order valence-corrected chi connectivity index (χ1v) is 3.59. The molecule has 0 amide bonds. The van der Waals surface area contributed by atoms with Gasteiger partial charge in [0.2, 0.25) is 0 Å². The van der Waals surface area contributed by atoms with Gasteiger partial charge in [0.1, 0.15) is 0 Å². The SMILES string of the molecule is CC1(C)C[C@H](O)[C@@H](N)CO1.Cl. The van der Waals surface area contributed by atoms with Gasteiger partial charge in [-0.2, -0.15) is 0 Å². The molecule has 1 heterocycles. The van der Waals surface area contributed by atoms with Crippen LogP contribution in [0, 0.1) is 0 Å². The molecule has 0 bridgehead atoms. The molecule has 3 nitrogen and oxygen atoms in total. The summed E-state index contributed by atoms with van der Waals surface area (Å²) in [4.78, 5) is 0. The summed E-state index contributed by atoms with van der Waals surface area (Å²) in [6.07, 6.45) is 0.234. The first kappa shape index (κ1) is 11.2. The molecular weight excluding hydrogens is 166 g/mol. The zero-order chi connectivity index (χ0) is 7.78. The van der Waals surface area contributed by atoms with Crippen molar-refractivity contribution in [2.24, 2.45) is 5.73 Å². The van der Waals surface area contributed by atoms with E-state index in [4.69, 9.17) is 10.5 Å². The van der Waals surface area contributed by atoms with Crippen LogP contribution in [0.4, 0.5) is 0 Å². The van der Waals surface area contributed by atoms with Gasteiger partial charge in [0.25, 0.3) is 0 Å². The quantitative estimate of drug-likeness (QED) is 0.565. The van der Waals surface area contributed by atoms with Crippen LogP contribution in [-0.4, -0.2) is 29.5 Å². The average Bonchev–Trinajstić information content (AvgIpc) is 1.79. The van der Waals surface area contributed by atoms with Gasteiger partial charge in [-0.05, 0) is 13.8 Å². The second-order valence-corrected chi connectivity index (χ2v) is 3.51. The molecular formula is C7H16ClNO2. The zero-order valence-electron chi connectivity index (χ0n) is 6.91. The van der Waals surface area contributed by atoms with Gasteiger partial charge < -0.3 is 15.6 Å². The number of ether oxygens (including phenoxy) is 1. The van der Waals surface area contributed by atoms with Gasteiger partial charge in [-0.25, -0.2) is 0 Å². The third-order valence-corrected chi connectivity index (χ3v) is 1.86. The van der Waals surface area contributed by atoms with Crippen LogP contribution in [-0.2, 0) is 4.74 Å². The van der Waals surface area contributed by atoms with E-state index < -0.39 is 6.10 Å². The largest absolute Gasteiger partial charge is 0.391 e. The summed E-state index contributed by atoms with van der Waals surface area (Å²) in [5, 5.41) is 9.31. The van der Waals surface area contributed by atoms with Crippen molar-refractivity contribution in [1.29, 1.82) is 0 Å². The van der Waals surface area contributed by atoms with Gasteiger partial charge in [-0.15, -0.1) is 12.4 Å². The Morgan fingerprint density at radius 3 is 2.45 bits per heavy atom. The predicted octanol–water partition coefficient (Wildman–Crippen LogP) is 0.295. The van der Waals surface area contributed by atoms with Crippen molar-refractivity contribution < 1.29 is 9.84 Å². The maximum atomic E-state index is 9.31. The van der Waals surface area contributed by atoms with Gasteiger partial charge in [-0.3, -0.25) is 0 Å². The minimum Gasteiger partial charge on any atom is -0.391 e. The van der Waals surface area contributed by atoms with Crippen LogP contribution in [0.2, 0.25) is 0 Å². The normalized spacial score (nSPS) is 36.0. The summed E-state index contributed by atoms with van der Waals surface area (Å²) in [5.41, 5.74) is 5.33. The monoisotopic (exact) mass is 181 g/mol. The number of rotatable bonds is 0. The molecule has 1 rings (SSSR count). The standard InChI is InChI=1S/C7H15NO2.ClH/c1-7(2)3-6(9)5(8)4-10-7;/h5-6,9H,3-4,8H2,1-2H3;1H/t5-,6-;/m0./s1. The Balaban J connectivity index is 0.000001000. The van der Waals surface area contributed by atoms with Gasteiger partial charge in [0.05, 0.1) is 24.4 Å². The van der Waals surface area contributed by atoms with Crippen LogP contribution in [0.1, 0.15) is 20.3 Å². The van der Waals surface area contributed by atoms with Crippen LogP contribution in [0.15, 0.2) is 0 Å². The Morgan fingerprint density at radius 2 is 2.09 bits per heavy atom. The number of hydrogen-bond acceptors (Lipinski definition) is 3. The summed E-state index contributed by atoms with van der Waals surface area (Å²) >= 11 is 0. The Bertz CT molecular complexity index is 130. The lowest BCUT2D eigenvalue weighted by molar-refractivity contribution is -0.107. The second-order valence-electron chi connectivity index (χ2n) is 3.51. The van der Waals surface area contributed by atoms with E-state index in [1.54, 1.807) is 0 Å². The van der Waals surface area contributed by atoms with Crippen molar-refractivity contribution in [2.75, 3.05) is 6.61 Å². The molecule has 0 aromatic rings. The second kappa shape index (κ2) is 3.72. The molecule has 0 aromatic heterocycles. The van der Waals surface area contributed by atoms with E-state index in [0.717, 1.165) is 0 Å². The van der Waals surface area contributed by atoms with E-state index in [0.29, 0.717) is 13.0 Å². The minimum absolute atomic E-state index is 0. The maximum absolute atomic E-state index is 9.31. The van der Waals surface area contributed by atoms with Crippen LogP contribution in [0.5, 0.6) is 0 Å². The molecule has 1 fully saturated rings. The molecule has 0 radical (unpaired) electrons. The number of aliphatic hydroxyl groups excluding tert-OH is 1. The van der Waals surface area contributed by atoms with E-state index in [1.807, 2.05) is 13.8 Å². The molecule has 3 N–H and O–H groups in total. The molecule has 68 valence electrons. The Hall–Kier alpha value is 0.170. The molecule has 4 heteroatoms. The highest BCUT2D eigenvalue weighted by molar-refractivity contribution is 5.85. The molecule has 11 heavy (non-hydrogen) atoms. The Labute approximate surface area is 73.3 Å².